The average molecular weight is 267 g/mol. The average Bonchev–Trinajstić information content (AvgIpc) is 2.54. The zero-order chi connectivity index (χ0) is 13.5. The number of fused-ring (bicyclic) bond motifs is 1. The summed E-state index contributed by atoms with van der Waals surface area (Å²) in [7, 11) is -1.17. The molecule has 0 aromatic heterocycles. The number of benzene rings is 1. The van der Waals surface area contributed by atoms with Crippen molar-refractivity contribution < 1.29 is 8.60 Å². The first-order valence-electron chi connectivity index (χ1n) is 5.94. The molecule has 18 heavy (non-hydrogen) atoms. The van der Waals surface area contributed by atoms with Crippen molar-refractivity contribution in [3.63, 3.8) is 0 Å². The van der Waals surface area contributed by atoms with E-state index >= 15 is 0 Å². The van der Waals surface area contributed by atoms with Gasteiger partial charge in [-0.1, -0.05) is 12.6 Å². The van der Waals surface area contributed by atoms with Crippen molar-refractivity contribution in [3.05, 3.63) is 41.7 Å². The van der Waals surface area contributed by atoms with Crippen LogP contribution in [0.25, 0.3) is 5.57 Å². The van der Waals surface area contributed by atoms with Crippen LogP contribution in [0.1, 0.15) is 44.4 Å². The molecule has 0 saturated carbocycles. The van der Waals surface area contributed by atoms with Gasteiger partial charge in [-0.2, -0.15) is 0 Å². The topological polar surface area (TPSA) is 29.1 Å². The van der Waals surface area contributed by atoms with Gasteiger partial charge < -0.3 is 0 Å². The Morgan fingerprint density at radius 2 is 2.11 bits per heavy atom. The Kier molecular flexibility index (Phi) is 3.43. The highest BCUT2D eigenvalue weighted by molar-refractivity contribution is 7.84. The van der Waals surface area contributed by atoms with E-state index in [1.54, 1.807) is 6.07 Å². The Labute approximate surface area is 110 Å². The van der Waals surface area contributed by atoms with E-state index in [1.807, 2.05) is 20.8 Å². The third-order valence-electron chi connectivity index (χ3n) is 3.03. The zero-order valence-electron chi connectivity index (χ0n) is 10.9. The van der Waals surface area contributed by atoms with Gasteiger partial charge >= 0.3 is 0 Å². The summed E-state index contributed by atoms with van der Waals surface area (Å²) in [6, 6.07) is 4.58. The molecular formula is C14H18FNOS. The molecule has 1 aromatic rings. The first-order valence-corrected chi connectivity index (χ1v) is 7.09. The van der Waals surface area contributed by atoms with Gasteiger partial charge in [-0.25, -0.2) is 13.3 Å². The minimum absolute atomic E-state index is 0.108. The van der Waals surface area contributed by atoms with E-state index in [4.69, 9.17) is 0 Å². The molecule has 0 unspecified atom stereocenters. The van der Waals surface area contributed by atoms with Gasteiger partial charge in [0.15, 0.2) is 0 Å². The van der Waals surface area contributed by atoms with Crippen molar-refractivity contribution in [1.29, 1.82) is 0 Å². The summed E-state index contributed by atoms with van der Waals surface area (Å²) in [6.45, 7) is 9.71. The maximum absolute atomic E-state index is 13.3. The highest BCUT2D eigenvalue weighted by Gasteiger charge is 2.30. The Morgan fingerprint density at radius 3 is 2.72 bits per heavy atom. The first kappa shape index (κ1) is 13.4. The fraction of sp³-hybridized carbons (Fsp3) is 0.429. The number of halogens is 1. The van der Waals surface area contributed by atoms with Crippen LogP contribution in [-0.4, -0.2) is 8.96 Å². The molecule has 0 fully saturated rings. The van der Waals surface area contributed by atoms with Crippen LogP contribution < -0.4 is 4.72 Å². The van der Waals surface area contributed by atoms with Crippen molar-refractivity contribution in [1.82, 2.24) is 4.72 Å². The van der Waals surface area contributed by atoms with E-state index in [9.17, 15) is 8.60 Å². The smallest absolute Gasteiger partial charge is 0.123 e. The molecule has 1 aromatic carbocycles. The van der Waals surface area contributed by atoms with Crippen LogP contribution in [0.15, 0.2) is 24.8 Å². The lowest BCUT2D eigenvalue weighted by Gasteiger charge is -2.22. The molecule has 98 valence electrons. The molecular weight excluding hydrogens is 249 g/mol. The van der Waals surface area contributed by atoms with Crippen LogP contribution in [-0.2, 0) is 11.0 Å². The number of hydrogen-bond donors (Lipinski definition) is 1. The quantitative estimate of drug-likeness (QED) is 0.875. The lowest BCUT2D eigenvalue weighted by Crippen LogP contribution is -2.35. The molecule has 0 saturated heterocycles. The van der Waals surface area contributed by atoms with E-state index in [0.29, 0.717) is 6.42 Å². The molecule has 0 amide bonds. The third-order valence-corrected chi connectivity index (χ3v) is 4.64. The summed E-state index contributed by atoms with van der Waals surface area (Å²) < 4.78 is 28.1. The molecule has 0 bridgehead atoms. The molecule has 0 spiro atoms. The highest BCUT2D eigenvalue weighted by Crippen LogP contribution is 2.39. The standard InChI is InChI=1S/C14H18FNOS/c1-9-7-13(16-18(17)14(2,3)4)12-8-10(15)5-6-11(9)12/h5-6,8,13,16H,1,7H2,2-4H3/t13-,18+/m1/s1. The van der Waals surface area contributed by atoms with Crippen molar-refractivity contribution in [2.24, 2.45) is 0 Å². The summed E-state index contributed by atoms with van der Waals surface area (Å²) in [5.74, 6) is -0.267. The predicted octanol–water partition coefficient (Wildman–Crippen LogP) is 3.34. The Morgan fingerprint density at radius 1 is 1.44 bits per heavy atom. The van der Waals surface area contributed by atoms with Crippen molar-refractivity contribution >= 4 is 16.6 Å². The number of rotatable bonds is 2. The van der Waals surface area contributed by atoms with E-state index < -0.39 is 11.0 Å². The molecule has 0 heterocycles. The minimum atomic E-state index is -1.17. The molecule has 4 heteroatoms. The number of nitrogens with one attached hydrogen (secondary N) is 1. The van der Waals surface area contributed by atoms with Crippen molar-refractivity contribution in [2.45, 2.75) is 38.0 Å². The summed E-state index contributed by atoms with van der Waals surface area (Å²) in [6.07, 6.45) is 0.681. The summed E-state index contributed by atoms with van der Waals surface area (Å²) in [4.78, 5) is 0. The van der Waals surface area contributed by atoms with Gasteiger partial charge in [0, 0.05) is 6.04 Å². The molecule has 2 nitrogen and oxygen atoms in total. The molecule has 2 atom stereocenters. The molecule has 1 N–H and O–H groups in total. The lowest BCUT2D eigenvalue weighted by atomic mass is 10.1. The van der Waals surface area contributed by atoms with Crippen LogP contribution in [0, 0.1) is 5.82 Å². The fourth-order valence-corrected chi connectivity index (χ4v) is 2.84. The van der Waals surface area contributed by atoms with Crippen LogP contribution in [0.5, 0.6) is 0 Å². The molecule has 0 aliphatic heterocycles. The SMILES string of the molecule is C=C1C[C@@H](N[S@@](=O)C(C)(C)C)c2cc(F)ccc21. The molecule has 2 rings (SSSR count). The second-order valence-corrected chi connectivity index (χ2v) is 7.59. The van der Waals surface area contributed by atoms with Gasteiger partial charge in [-0.05, 0) is 56.0 Å². The van der Waals surface area contributed by atoms with Crippen LogP contribution in [0.4, 0.5) is 4.39 Å². The largest absolute Gasteiger partial charge is 0.242 e. The Hall–Kier alpha value is -1.00. The van der Waals surface area contributed by atoms with Crippen LogP contribution in [0.3, 0.4) is 0 Å². The molecule has 1 aliphatic rings. The third kappa shape index (κ3) is 2.54. The minimum Gasteiger partial charge on any atom is -0.242 e. The maximum Gasteiger partial charge on any atom is 0.123 e. The van der Waals surface area contributed by atoms with E-state index in [2.05, 4.69) is 11.3 Å². The fourth-order valence-electron chi connectivity index (χ4n) is 2.02. The van der Waals surface area contributed by atoms with Gasteiger partial charge in [-0.15, -0.1) is 0 Å². The van der Waals surface area contributed by atoms with Crippen LogP contribution >= 0.6 is 0 Å². The van der Waals surface area contributed by atoms with Crippen molar-refractivity contribution in [3.8, 4) is 0 Å². The van der Waals surface area contributed by atoms with E-state index in [0.717, 1.165) is 16.7 Å². The van der Waals surface area contributed by atoms with Gasteiger partial charge in [0.05, 0.1) is 15.7 Å². The summed E-state index contributed by atoms with van der Waals surface area (Å²) >= 11 is 0. The second kappa shape index (κ2) is 4.59. The zero-order valence-corrected chi connectivity index (χ0v) is 11.7. The van der Waals surface area contributed by atoms with E-state index in [1.165, 1.54) is 12.1 Å². The molecule has 0 radical (unpaired) electrons. The Bertz CT molecular complexity index is 519. The lowest BCUT2D eigenvalue weighted by molar-refractivity contribution is 0.601. The van der Waals surface area contributed by atoms with Gasteiger partial charge in [0.1, 0.15) is 5.82 Å². The maximum atomic E-state index is 13.3. The summed E-state index contributed by atoms with van der Waals surface area (Å²) in [5.41, 5.74) is 2.80. The molecule has 1 aliphatic carbocycles. The monoisotopic (exact) mass is 267 g/mol. The normalized spacial score (nSPS) is 20.9. The van der Waals surface area contributed by atoms with Gasteiger partial charge in [0.25, 0.3) is 0 Å². The number of hydrogen-bond acceptors (Lipinski definition) is 1. The summed E-state index contributed by atoms with van der Waals surface area (Å²) in [5, 5.41) is 0. The van der Waals surface area contributed by atoms with Gasteiger partial charge in [0.2, 0.25) is 0 Å². The Balaban J connectivity index is 2.27. The van der Waals surface area contributed by atoms with E-state index in [-0.39, 0.29) is 16.6 Å². The van der Waals surface area contributed by atoms with Gasteiger partial charge in [-0.3, -0.25) is 0 Å². The van der Waals surface area contributed by atoms with Crippen LogP contribution in [0.2, 0.25) is 0 Å². The van der Waals surface area contributed by atoms with Crippen molar-refractivity contribution in [2.75, 3.05) is 0 Å². The highest BCUT2D eigenvalue weighted by atomic mass is 32.2. The predicted molar refractivity (Wildman–Crippen MR) is 73.8 cm³/mol. The second-order valence-electron chi connectivity index (χ2n) is 5.59. The first-order chi connectivity index (χ1) is 8.29.